The maximum absolute atomic E-state index is 13.2. The Kier molecular flexibility index (Phi) is 6.11. The standard InChI is InChI=1S/C49H30N2O/c52-49-40-19-5-4-18-39(40)48-36(20-11-21-41(48)49)33-13-10-12-32(28-33)31-24-26-35(27-25-31)51-45-23-9-7-17-38(45)43-29-46-42(30-47(43)51)37-16-6-8-22-44(37)50(46)34-14-2-1-3-15-34/h1-30H. The molecule has 0 bridgehead atoms. The minimum Gasteiger partial charge on any atom is -0.309 e. The Labute approximate surface area is 300 Å². The summed E-state index contributed by atoms with van der Waals surface area (Å²) in [4.78, 5) is 13.2. The van der Waals surface area contributed by atoms with Crippen molar-refractivity contribution in [3.05, 3.63) is 193 Å². The van der Waals surface area contributed by atoms with Crippen molar-refractivity contribution in [3.63, 3.8) is 0 Å². The van der Waals surface area contributed by atoms with Crippen LogP contribution in [0.5, 0.6) is 0 Å². The SMILES string of the molecule is O=C1c2ccccc2-c2c1cccc2-c1cccc(-c2ccc(-n3c4ccccc4c4cc5c(cc43)c3ccccc3n5-c3ccccc3)cc2)c1. The predicted molar refractivity (Wildman–Crippen MR) is 215 cm³/mol. The van der Waals surface area contributed by atoms with Crippen molar-refractivity contribution in [3.8, 4) is 44.8 Å². The summed E-state index contributed by atoms with van der Waals surface area (Å²) in [5.74, 6) is 0.104. The van der Waals surface area contributed by atoms with Gasteiger partial charge < -0.3 is 9.13 Å². The third-order valence-electron chi connectivity index (χ3n) is 10.9. The van der Waals surface area contributed by atoms with Gasteiger partial charge in [-0.05, 0) is 82.4 Å². The fourth-order valence-electron chi connectivity index (χ4n) is 8.55. The Balaban J connectivity index is 1.05. The van der Waals surface area contributed by atoms with Gasteiger partial charge in [-0.1, -0.05) is 127 Å². The molecule has 0 atom stereocenters. The average molecular weight is 663 g/mol. The molecular weight excluding hydrogens is 633 g/mol. The lowest BCUT2D eigenvalue weighted by molar-refractivity contribution is 0.104. The van der Waals surface area contributed by atoms with Crippen LogP contribution in [0.1, 0.15) is 15.9 Å². The van der Waals surface area contributed by atoms with E-state index < -0.39 is 0 Å². The molecule has 0 N–H and O–H groups in total. The van der Waals surface area contributed by atoms with Gasteiger partial charge in [-0.2, -0.15) is 0 Å². The summed E-state index contributed by atoms with van der Waals surface area (Å²) in [6.45, 7) is 0. The number of carbonyl (C=O) groups is 1. The second-order valence-electron chi connectivity index (χ2n) is 13.7. The molecule has 3 heteroatoms. The summed E-state index contributed by atoms with van der Waals surface area (Å²) in [5, 5.41) is 4.94. The average Bonchev–Trinajstić information content (AvgIpc) is 3.82. The monoisotopic (exact) mass is 662 g/mol. The van der Waals surface area contributed by atoms with E-state index in [9.17, 15) is 4.79 Å². The van der Waals surface area contributed by atoms with E-state index in [1.165, 1.54) is 43.6 Å². The topological polar surface area (TPSA) is 26.9 Å². The van der Waals surface area contributed by atoms with Gasteiger partial charge in [0.1, 0.15) is 0 Å². The van der Waals surface area contributed by atoms with Crippen LogP contribution in [-0.2, 0) is 0 Å². The number of rotatable bonds is 4. The number of fused-ring (bicyclic) bond motifs is 9. The van der Waals surface area contributed by atoms with E-state index in [-0.39, 0.29) is 5.78 Å². The first-order valence-electron chi connectivity index (χ1n) is 17.7. The lowest BCUT2D eigenvalue weighted by atomic mass is 9.92. The van der Waals surface area contributed by atoms with E-state index in [1.807, 2.05) is 30.3 Å². The second-order valence-corrected chi connectivity index (χ2v) is 13.7. The van der Waals surface area contributed by atoms with Gasteiger partial charge in [0, 0.05) is 49.6 Å². The lowest BCUT2D eigenvalue weighted by Gasteiger charge is -2.12. The van der Waals surface area contributed by atoms with E-state index in [2.05, 4.69) is 161 Å². The number of benzene rings is 8. The molecule has 0 unspecified atom stereocenters. The molecule has 0 fully saturated rings. The van der Waals surface area contributed by atoms with Crippen LogP contribution in [0.4, 0.5) is 0 Å². The Morgan fingerprint density at radius 2 is 0.827 bits per heavy atom. The molecule has 0 radical (unpaired) electrons. The molecule has 10 aromatic rings. The number of nitrogens with zero attached hydrogens (tertiary/aromatic N) is 2. The Hall–Kier alpha value is -6.97. The van der Waals surface area contributed by atoms with Crippen LogP contribution in [0.2, 0.25) is 0 Å². The summed E-state index contributed by atoms with van der Waals surface area (Å²) in [5.41, 5.74) is 15.1. The lowest BCUT2D eigenvalue weighted by Crippen LogP contribution is -1.95. The van der Waals surface area contributed by atoms with E-state index >= 15 is 0 Å². The third-order valence-corrected chi connectivity index (χ3v) is 10.9. The summed E-state index contributed by atoms with van der Waals surface area (Å²) in [6.07, 6.45) is 0. The molecule has 1 aliphatic rings. The highest BCUT2D eigenvalue weighted by molar-refractivity contribution is 6.24. The molecule has 0 spiro atoms. The highest BCUT2D eigenvalue weighted by Crippen LogP contribution is 2.44. The summed E-state index contributed by atoms with van der Waals surface area (Å²) < 4.78 is 4.79. The highest BCUT2D eigenvalue weighted by atomic mass is 16.1. The van der Waals surface area contributed by atoms with Gasteiger partial charge in [0.15, 0.2) is 5.78 Å². The zero-order chi connectivity index (χ0) is 34.3. The van der Waals surface area contributed by atoms with Crippen LogP contribution in [-0.4, -0.2) is 14.9 Å². The van der Waals surface area contributed by atoms with Gasteiger partial charge in [-0.15, -0.1) is 0 Å². The van der Waals surface area contributed by atoms with Crippen LogP contribution in [0.15, 0.2) is 182 Å². The van der Waals surface area contributed by atoms with Gasteiger partial charge in [-0.3, -0.25) is 4.79 Å². The van der Waals surface area contributed by atoms with Crippen molar-refractivity contribution in [2.75, 3.05) is 0 Å². The number of hydrogen-bond acceptors (Lipinski definition) is 1. The highest BCUT2D eigenvalue weighted by Gasteiger charge is 2.28. The van der Waals surface area contributed by atoms with Gasteiger partial charge >= 0.3 is 0 Å². The maximum atomic E-state index is 13.2. The first-order valence-corrected chi connectivity index (χ1v) is 17.7. The molecule has 242 valence electrons. The van der Waals surface area contributed by atoms with Crippen LogP contribution >= 0.6 is 0 Å². The van der Waals surface area contributed by atoms with Crippen molar-refractivity contribution < 1.29 is 4.79 Å². The number of hydrogen-bond donors (Lipinski definition) is 0. The van der Waals surface area contributed by atoms with E-state index in [4.69, 9.17) is 0 Å². The molecule has 0 saturated heterocycles. The van der Waals surface area contributed by atoms with Gasteiger partial charge in [0.25, 0.3) is 0 Å². The Morgan fingerprint density at radius 3 is 1.52 bits per heavy atom. The molecule has 3 nitrogen and oxygen atoms in total. The molecule has 52 heavy (non-hydrogen) atoms. The molecule has 0 amide bonds. The number of carbonyl (C=O) groups excluding carboxylic acids is 1. The molecule has 2 aromatic heterocycles. The predicted octanol–water partition coefficient (Wildman–Crippen LogP) is 12.4. The summed E-state index contributed by atoms with van der Waals surface area (Å²) >= 11 is 0. The van der Waals surface area contributed by atoms with Gasteiger partial charge in [0.2, 0.25) is 0 Å². The van der Waals surface area contributed by atoms with E-state index in [1.54, 1.807) is 0 Å². The number of ketones is 1. The molecule has 8 aromatic carbocycles. The Morgan fingerprint density at radius 1 is 0.308 bits per heavy atom. The molecule has 2 heterocycles. The van der Waals surface area contributed by atoms with E-state index in [0.29, 0.717) is 0 Å². The molecule has 0 aliphatic heterocycles. The first kappa shape index (κ1) is 28.8. The van der Waals surface area contributed by atoms with Crippen molar-refractivity contribution in [2.45, 2.75) is 0 Å². The zero-order valence-corrected chi connectivity index (χ0v) is 28.1. The van der Waals surface area contributed by atoms with E-state index in [0.717, 1.165) is 55.9 Å². The molecular formula is C49H30N2O. The minimum absolute atomic E-state index is 0.104. The van der Waals surface area contributed by atoms with Crippen LogP contribution in [0, 0.1) is 0 Å². The molecule has 1 aliphatic carbocycles. The van der Waals surface area contributed by atoms with Crippen LogP contribution in [0.3, 0.4) is 0 Å². The van der Waals surface area contributed by atoms with Gasteiger partial charge in [0.05, 0.1) is 22.1 Å². The minimum atomic E-state index is 0.104. The quantitative estimate of drug-likeness (QED) is 0.184. The second kappa shape index (κ2) is 11.0. The normalized spacial score (nSPS) is 12.3. The number of aromatic nitrogens is 2. The van der Waals surface area contributed by atoms with Crippen molar-refractivity contribution in [1.29, 1.82) is 0 Å². The van der Waals surface area contributed by atoms with Crippen molar-refractivity contribution in [1.82, 2.24) is 9.13 Å². The maximum Gasteiger partial charge on any atom is 0.194 e. The largest absolute Gasteiger partial charge is 0.309 e. The third kappa shape index (κ3) is 4.11. The summed E-state index contributed by atoms with van der Waals surface area (Å²) in [7, 11) is 0. The molecule has 0 saturated carbocycles. The smallest absolute Gasteiger partial charge is 0.194 e. The fraction of sp³-hybridized carbons (Fsp3) is 0. The fourth-order valence-corrected chi connectivity index (χ4v) is 8.55. The zero-order valence-electron chi connectivity index (χ0n) is 28.1. The molecule has 11 rings (SSSR count). The van der Waals surface area contributed by atoms with Crippen LogP contribution in [0.25, 0.3) is 88.4 Å². The Bertz CT molecular complexity index is 3070. The van der Waals surface area contributed by atoms with Crippen LogP contribution < -0.4 is 0 Å². The van der Waals surface area contributed by atoms with Crippen molar-refractivity contribution >= 4 is 49.4 Å². The van der Waals surface area contributed by atoms with Crippen molar-refractivity contribution in [2.24, 2.45) is 0 Å². The van der Waals surface area contributed by atoms with Gasteiger partial charge in [-0.25, -0.2) is 0 Å². The number of para-hydroxylation sites is 3. The first-order chi connectivity index (χ1) is 25.7. The summed E-state index contributed by atoms with van der Waals surface area (Å²) in [6, 6.07) is 64.5.